The Bertz CT molecular complexity index is 2850. The molecule has 0 atom stereocenters. The van der Waals surface area contributed by atoms with E-state index in [0.717, 1.165) is 77.9 Å². The van der Waals surface area contributed by atoms with Gasteiger partial charge >= 0.3 is 0 Å². The van der Waals surface area contributed by atoms with Crippen LogP contribution in [-0.2, 0) is 0 Å². The lowest BCUT2D eigenvalue weighted by Crippen LogP contribution is -2.09. The van der Waals surface area contributed by atoms with Gasteiger partial charge in [0.2, 0.25) is 0 Å². The minimum Gasteiger partial charge on any atom is -0.456 e. The zero-order chi connectivity index (χ0) is 37.3. The largest absolute Gasteiger partial charge is 0.456 e. The molecule has 0 saturated heterocycles. The molecule has 0 amide bonds. The van der Waals surface area contributed by atoms with Crippen molar-refractivity contribution in [2.45, 2.75) is 0 Å². The molecule has 264 valence electrons. The van der Waals surface area contributed by atoms with Gasteiger partial charge in [-0.05, 0) is 76.9 Å². The molecular weight excluding hydrogens is 685 g/mol. The summed E-state index contributed by atoms with van der Waals surface area (Å²) in [5.74, 6) is 1.89. The lowest BCUT2D eigenvalue weighted by Gasteiger charge is -2.26. The fourth-order valence-electron chi connectivity index (χ4n) is 7.41. The van der Waals surface area contributed by atoms with Gasteiger partial charge in [-0.3, -0.25) is 0 Å². The van der Waals surface area contributed by atoms with E-state index in [1.807, 2.05) is 84.9 Å². The highest BCUT2D eigenvalue weighted by Gasteiger charge is 2.18. The Hall–Kier alpha value is -7.63. The van der Waals surface area contributed by atoms with Gasteiger partial charge < -0.3 is 9.32 Å². The van der Waals surface area contributed by atoms with E-state index < -0.39 is 0 Å². The SMILES string of the molecule is c1ccc(-c2nc(-c3ccccc3)nc(-c3ccc(-c4cc(-c5cccc(N(c6ccccc6)c6ccccc6)c5)cc5oc6ccccc6c45)cc3)n2)cc1. The molecule has 0 saturated carbocycles. The van der Waals surface area contributed by atoms with Crippen LogP contribution in [0.5, 0.6) is 0 Å². The molecule has 0 aliphatic heterocycles. The van der Waals surface area contributed by atoms with Crippen molar-refractivity contribution >= 4 is 39.0 Å². The first-order valence-corrected chi connectivity index (χ1v) is 18.7. The van der Waals surface area contributed by atoms with Crippen LogP contribution < -0.4 is 4.90 Å². The van der Waals surface area contributed by atoms with Gasteiger partial charge in [0.15, 0.2) is 17.5 Å². The van der Waals surface area contributed by atoms with Gasteiger partial charge in [-0.25, -0.2) is 15.0 Å². The van der Waals surface area contributed by atoms with Crippen LogP contribution >= 0.6 is 0 Å². The van der Waals surface area contributed by atoms with Crippen molar-refractivity contribution in [3.8, 4) is 56.4 Å². The molecule has 0 radical (unpaired) electrons. The second-order valence-electron chi connectivity index (χ2n) is 13.7. The number of aromatic nitrogens is 3. The Balaban J connectivity index is 1.09. The first-order chi connectivity index (χ1) is 27.7. The molecule has 0 aliphatic rings. The highest BCUT2D eigenvalue weighted by molar-refractivity contribution is 6.13. The average Bonchev–Trinajstić information content (AvgIpc) is 3.66. The van der Waals surface area contributed by atoms with Gasteiger partial charge in [-0.1, -0.05) is 152 Å². The van der Waals surface area contributed by atoms with E-state index in [9.17, 15) is 0 Å². The molecule has 8 aromatic carbocycles. The van der Waals surface area contributed by atoms with E-state index in [2.05, 4.69) is 126 Å². The van der Waals surface area contributed by atoms with Gasteiger partial charge in [-0.15, -0.1) is 0 Å². The second kappa shape index (κ2) is 14.3. The Morgan fingerprint density at radius 1 is 0.321 bits per heavy atom. The zero-order valence-corrected chi connectivity index (χ0v) is 30.3. The van der Waals surface area contributed by atoms with E-state index in [-0.39, 0.29) is 0 Å². The number of para-hydroxylation sites is 3. The molecule has 0 unspecified atom stereocenters. The number of benzene rings is 8. The van der Waals surface area contributed by atoms with Crippen molar-refractivity contribution in [2.75, 3.05) is 4.90 Å². The molecule has 10 aromatic rings. The first-order valence-electron chi connectivity index (χ1n) is 18.7. The van der Waals surface area contributed by atoms with Crippen LogP contribution in [0, 0.1) is 0 Å². The van der Waals surface area contributed by atoms with Gasteiger partial charge in [0.25, 0.3) is 0 Å². The molecule has 0 spiro atoms. The van der Waals surface area contributed by atoms with Crippen LogP contribution in [0.1, 0.15) is 0 Å². The zero-order valence-electron chi connectivity index (χ0n) is 30.3. The van der Waals surface area contributed by atoms with Crippen molar-refractivity contribution in [1.82, 2.24) is 15.0 Å². The smallest absolute Gasteiger partial charge is 0.164 e. The molecule has 0 fully saturated rings. The van der Waals surface area contributed by atoms with Gasteiger partial charge in [0.05, 0.1) is 0 Å². The van der Waals surface area contributed by atoms with Crippen molar-refractivity contribution in [1.29, 1.82) is 0 Å². The van der Waals surface area contributed by atoms with Crippen LogP contribution in [0.15, 0.2) is 211 Å². The summed E-state index contributed by atoms with van der Waals surface area (Å²) in [5, 5.41) is 2.17. The minimum atomic E-state index is 0.620. The highest BCUT2D eigenvalue weighted by Crippen LogP contribution is 2.42. The van der Waals surface area contributed by atoms with Gasteiger partial charge in [0, 0.05) is 44.5 Å². The number of hydrogen-bond donors (Lipinski definition) is 0. The van der Waals surface area contributed by atoms with Crippen molar-refractivity contribution in [3.63, 3.8) is 0 Å². The van der Waals surface area contributed by atoms with E-state index in [0.29, 0.717) is 17.5 Å². The Morgan fingerprint density at radius 2 is 0.786 bits per heavy atom. The van der Waals surface area contributed by atoms with Crippen LogP contribution in [0.2, 0.25) is 0 Å². The van der Waals surface area contributed by atoms with Gasteiger partial charge in [-0.2, -0.15) is 0 Å². The maximum atomic E-state index is 6.56. The van der Waals surface area contributed by atoms with E-state index in [1.165, 1.54) is 0 Å². The third-order valence-corrected chi connectivity index (χ3v) is 10.1. The molecule has 2 heterocycles. The van der Waals surface area contributed by atoms with Crippen LogP contribution in [-0.4, -0.2) is 15.0 Å². The standard InChI is InChI=1S/C51H34N4O/c1-5-16-36(17-6-1)49-52-50(37-18-7-2-8-19-37)54-51(53-49)38-30-28-35(29-31-38)45-33-40(34-47-48(45)44-26-13-14-27-46(44)56-47)39-20-15-25-43(32-39)55(41-21-9-3-10-22-41)42-23-11-4-12-24-42/h1-34H. The summed E-state index contributed by atoms with van der Waals surface area (Å²) in [6.07, 6.45) is 0. The molecular formula is C51H34N4O. The molecule has 2 aromatic heterocycles. The third-order valence-electron chi connectivity index (χ3n) is 10.1. The number of anilines is 3. The molecule has 56 heavy (non-hydrogen) atoms. The van der Waals surface area contributed by atoms with Crippen molar-refractivity contribution < 1.29 is 4.42 Å². The van der Waals surface area contributed by atoms with Crippen LogP contribution in [0.25, 0.3) is 78.4 Å². The molecule has 0 bridgehead atoms. The summed E-state index contributed by atoms with van der Waals surface area (Å²) in [6.45, 7) is 0. The predicted octanol–water partition coefficient (Wildman–Crippen LogP) is 13.6. The molecule has 0 N–H and O–H groups in total. The number of rotatable bonds is 8. The monoisotopic (exact) mass is 718 g/mol. The minimum absolute atomic E-state index is 0.620. The average molecular weight is 719 g/mol. The summed E-state index contributed by atoms with van der Waals surface area (Å²) >= 11 is 0. The quantitative estimate of drug-likeness (QED) is 0.157. The Labute approximate surface area is 324 Å². The topological polar surface area (TPSA) is 55.1 Å². The fraction of sp³-hybridized carbons (Fsp3) is 0. The molecule has 5 heteroatoms. The maximum absolute atomic E-state index is 6.56. The second-order valence-corrected chi connectivity index (χ2v) is 13.7. The lowest BCUT2D eigenvalue weighted by atomic mass is 9.93. The summed E-state index contributed by atoms with van der Waals surface area (Å²) < 4.78 is 6.56. The fourth-order valence-corrected chi connectivity index (χ4v) is 7.41. The predicted molar refractivity (Wildman–Crippen MR) is 229 cm³/mol. The van der Waals surface area contributed by atoms with Crippen LogP contribution in [0.3, 0.4) is 0 Å². The molecule has 10 rings (SSSR count). The van der Waals surface area contributed by atoms with E-state index in [4.69, 9.17) is 19.4 Å². The Kier molecular flexibility index (Phi) is 8.43. The van der Waals surface area contributed by atoms with E-state index in [1.54, 1.807) is 0 Å². The summed E-state index contributed by atoms with van der Waals surface area (Å²) in [7, 11) is 0. The normalized spacial score (nSPS) is 11.2. The third kappa shape index (κ3) is 6.27. The molecule has 0 aliphatic carbocycles. The number of furan rings is 1. The number of hydrogen-bond acceptors (Lipinski definition) is 5. The van der Waals surface area contributed by atoms with Crippen LogP contribution in [0.4, 0.5) is 17.1 Å². The van der Waals surface area contributed by atoms with E-state index >= 15 is 0 Å². The summed E-state index contributed by atoms with van der Waals surface area (Å²) in [5.41, 5.74) is 12.1. The highest BCUT2D eigenvalue weighted by atomic mass is 16.3. The Morgan fingerprint density at radius 3 is 1.38 bits per heavy atom. The summed E-state index contributed by atoms with van der Waals surface area (Å²) in [4.78, 5) is 17.1. The summed E-state index contributed by atoms with van der Waals surface area (Å²) in [6, 6.07) is 71.1. The number of nitrogens with zero attached hydrogens (tertiary/aromatic N) is 4. The number of fused-ring (bicyclic) bond motifs is 3. The van der Waals surface area contributed by atoms with Gasteiger partial charge in [0.1, 0.15) is 11.2 Å². The maximum Gasteiger partial charge on any atom is 0.164 e. The molecule has 5 nitrogen and oxygen atoms in total. The lowest BCUT2D eigenvalue weighted by molar-refractivity contribution is 0.669. The van der Waals surface area contributed by atoms with Crippen molar-refractivity contribution in [2.24, 2.45) is 0 Å². The first kappa shape index (κ1) is 33.0. The van der Waals surface area contributed by atoms with Crippen molar-refractivity contribution in [3.05, 3.63) is 206 Å².